The molecule has 0 aliphatic heterocycles. The summed E-state index contributed by atoms with van der Waals surface area (Å²) in [5.74, 6) is 0.258. The third kappa shape index (κ3) is 6.00. The maximum Gasteiger partial charge on any atom is 0.244 e. The van der Waals surface area contributed by atoms with Crippen LogP contribution in [-0.2, 0) is 10.0 Å². The van der Waals surface area contributed by atoms with Gasteiger partial charge in [0.25, 0.3) is 0 Å². The van der Waals surface area contributed by atoms with Gasteiger partial charge in [0.2, 0.25) is 10.0 Å². The third-order valence-electron chi connectivity index (χ3n) is 2.93. The van der Waals surface area contributed by atoms with Crippen molar-refractivity contribution in [2.75, 3.05) is 13.7 Å². The molecule has 21 heavy (non-hydrogen) atoms. The molecule has 0 saturated carbocycles. The number of sulfonamides is 1. The molecular weight excluding hydrogens is 335 g/mol. The number of benzene rings is 1. The Morgan fingerprint density at radius 3 is 2.62 bits per heavy atom. The van der Waals surface area contributed by atoms with Crippen LogP contribution >= 0.6 is 24.0 Å². The van der Waals surface area contributed by atoms with Gasteiger partial charge >= 0.3 is 0 Å². The van der Waals surface area contributed by atoms with Gasteiger partial charge in [0.15, 0.2) is 0 Å². The van der Waals surface area contributed by atoms with E-state index in [4.69, 9.17) is 22.1 Å². The minimum Gasteiger partial charge on any atom is -0.495 e. The Bertz CT molecular complexity index is 538. The molecule has 1 unspecified atom stereocenters. The molecule has 1 aromatic carbocycles. The Morgan fingerprint density at radius 1 is 1.43 bits per heavy atom. The summed E-state index contributed by atoms with van der Waals surface area (Å²) in [6.45, 7) is 2.30. The highest BCUT2D eigenvalue weighted by atomic mass is 35.5. The molecule has 0 fully saturated rings. The van der Waals surface area contributed by atoms with Gasteiger partial charge in [0, 0.05) is 17.6 Å². The first-order valence-electron chi connectivity index (χ1n) is 6.50. The monoisotopic (exact) mass is 356 g/mol. The van der Waals surface area contributed by atoms with Gasteiger partial charge in [-0.15, -0.1) is 12.4 Å². The van der Waals surface area contributed by atoms with Crippen LogP contribution in [0, 0.1) is 0 Å². The van der Waals surface area contributed by atoms with E-state index in [9.17, 15) is 8.42 Å². The number of hydrogen-bond acceptors (Lipinski definition) is 4. The number of nitrogens with two attached hydrogens (primary N) is 1. The lowest BCUT2D eigenvalue weighted by Gasteiger charge is -2.18. The summed E-state index contributed by atoms with van der Waals surface area (Å²) in [5, 5.41) is 0.337. The Kier molecular flexibility index (Phi) is 9.24. The van der Waals surface area contributed by atoms with Crippen molar-refractivity contribution in [3.8, 4) is 5.75 Å². The Balaban J connectivity index is 0.00000400. The van der Waals surface area contributed by atoms with Gasteiger partial charge in [-0.1, -0.05) is 31.4 Å². The van der Waals surface area contributed by atoms with Gasteiger partial charge in [-0.25, -0.2) is 13.1 Å². The maximum atomic E-state index is 12.4. The molecule has 5 nitrogen and oxygen atoms in total. The molecule has 0 saturated heterocycles. The molecule has 1 rings (SSSR count). The number of methoxy groups -OCH3 is 1. The quantitative estimate of drug-likeness (QED) is 0.749. The van der Waals surface area contributed by atoms with Crippen molar-refractivity contribution in [2.45, 2.75) is 37.1 Å². The zero-order valence-corrected chi connectivity index (χ0v) is 14.5. The smallest absolute Gasteiger partial charge is 0.244 e. The summed E-state index contributed by atoms with van der Waals surface area (Å²) in [7, 11) is -2.29. The molecule has 8 heteroatoms. The number of halogens is 2. The van der Waals surface area contributed by atoms with Gasteiger partial charge in [-0.3, -0.25) is 0 Å². The Labute approximate surface area is 137 Å². The van der Waals surface area contributed by atoms with Crippen LogP contribution in [0.3, 0.4) is 0 Å². The number of rotatable bonds is 8. The lowest BCUT2D eigenvalue weighted by molar-refractivity contribution is 0.401. The summed E-state index contributed by atoms with van der Waals surface area (Å²) < 4.78 is 32.5. The second kappa shape index (κ2) is 9.48. The second-order valence-electron chi connectivity index (χ2n) is 4.49. The van der Waals surface area contributed by atoms with E-state index in [0.717, 1.165) is 12.8 Å². The van der Waals surface area contributed by atoms with Crippen LogP contribution in [0.15, 0.2) is 23.1 Å². The van der Waals surface area contributed by atoms with E-state index in [-0.39, 0.29) is 35.6 Å². The molecule has 0 aliphatic rings. The fraction of sp³-hybridized carbons (Fsp3) is 0.538. The highest BCUT2D eigenvalue weighted by Crippen LogP contribution is 2.27. The van der Waals surface area contributed by atoms with E-state index >= 15 is 0 Å². The van der Waals surface area contributed by atoms with Gasteiger partial charge in [-0.05, 0) is 24.6 Å². The first-order valence-corrected chi connectivity index (χ1v) is 8.36. The number of hydrogen-bond donors (Lipinski definition) is 2. The average molecular weight is 357 g/mol. The largest absolute Gasteiger partial charge is 0.495 e. The minimum atomic E-state index is -3.71. The molecule has 122 valence electrons. The molecule has 0 heterocycles. The molecule has 1 aromatic rings. The first kappa shape index (κ1) is 20.5. The van der Waals surface area contributed by atoms with Crippen molar-refractivity contribution in [2.24, 2.45) is 5.73 Å². The van der Waals surface area contributed by atoms with Crippen LogP contribution in [0.4, 0.5) is 0 Å². The van der Waals surface area contributed by atoms with E-state index in [1.807, 2.05) is 6.92 Å². The average Bonchev–Trinajstić information content (AvgIpc) is 2.43. The number of ether oxygens (including phenoxy) is 1. The normalized spacial score (nSPS) is 12.6. The highest BCUT2D eigenvalue weighted by Gasteiger charge is 2.23. The van der Waals surface area contributed by atoms with Crippen molar-refractivity contribution in [1.29, 1.82) is 0 Å². The fourth-order valence-corrected chi connectivity index (χ4v) is 3.53. The standard InChI is InChI=1S/C13H21ClN2O3S.ClH/c1-3-4-5-11(9-15)16-20(17,18)13-8-10(14)6-7-12(13)19-2;/h6-8,11,16H,3-5,9,15H2,1-2H3;1H. The first-order chi connectivity index (χ1) is 9.44. The molecule has 1 atom stereocenters. The van der Waals surface area contributed by atoms with Gasteiger partial charge in [0.1, 0.15) is 10.6 Å². The van der Waals surface area contributed by atoms with Gasteiger partial charge < -0.3 is 10.5 Å². The van der Waals surface area contributed by atoms with Crippen LogP contribution in [0.1, 0.15) is 26.2 Å². The Morgan fingerprint density at radius 2 is 2.10 bits per heavy atom. The van der Waals surface area contributed by atoms with Crippen LogP contribution in [0.2, 0.25) is 5.02 Å². The molecule has 0 spiro atoms. The predicted octanol–water partition coefficient (Wildman–Crippen LogP) is 2.57. The number of nitrogens with one attached hydrogen (secondary N) is 1. The van der Waals surface area contributed by atoms with Crippen molar-refractivity contribution in [3.05, 3.63) is 23.2 Å². The minimum absolute atomic E-state index is 0. The topological polar surface area (TPSA) is 81.4 Å². The molecule has 3 N–H and O–H groups in total. The molecular formula is C13H22Cl2N2O3S. The zero-order chi connectivity index (χ0) is 15.2. The van der Waals surface area contributed by atoms with Crippen LogP contribution in [0.25, 0.3) is 0 Å². The SMILES string of the molecule is CCCCC(CN)NS(=O)(=O)c1cc(Cl)ccc1OC.Cl. The van der Waals surface area contributed by atoms with Crippen molar-refractivity contribution >= 4 is 34.0 Å². The lowest BCUT2D eigenvalue weighted by atomic mass is 10.1. The van der Waals surface area contributed by atoms with Gasteiger partial charge in [-0.2, -0.15) is 0 Å². The van der Waals surface area contributed by atoms with E-state index in [1.165, 1.54) is 19.2 Å². The second-order valence-corrected chi connectivity index (χ2v) is 6.61. The van der Waals surface area contributed by atoms with E-state index in [1.54, 1.807) is 6.07 Å². The third-order valence-corrected chi connectivity index (χ3v) is 4.70. The summed E-state index contributed by atoms with van der Waals surface area (Å²) >= 11 is 5.86. The molecule has 0 bridgehead atoms. The summed E-state index contributed by atoms with van der Waals surface area (Å²) in [5.41, 5.74) is 5.62. The molecule has 0 aromatic heterocycles. The van der Waals surface area contributed by atoms with Crippen molar-refractivity contribution in [1.82, 2.24) is 4.72 Å². The van der Waals surface area contributed by atoms with Gasteiger partial charge in [0.05, 0.1) is 7.11 Å². The maximum absolute atomic E-state index is 12.4. The summed E-state index contributed by atoms with van der Waals surface area (Å²) in [6.07, 6.45) is 2.60. The molecule has 0 radical (unpaired) electrons. The van der Waals surface area contributed by atoms with Crippen molar-refractivity contribution in [3.63, 3.8) is 0 Å². The molecule has 0 amide bonds. The fourth-order valence-electron chi connectivity index (χ4n) is 1.82. The van der Waals surface area contributed by atoms with Crippen molar-refractivity contribution < 1.29 is 13.2 Å². The lowest BCUT2D eigenvalue weighted by Crippen LogP contribution is -2.40. The van der Waals surface area contributed by atoms with E-state index < -0.39 is 10.0 Å². The number of unbranched alkanes of at least 4 members (excludes halogenated alkanes) is 1. The van der Waals surface area contributed by atoms with Crippen LogP contribution in [-0.4, -0.2) is 28.1 Å². The Hall–Kier alpha value is -0.530. The van der Waals surface area contributed by atoms with E-state index in [2.05, 4.69) is 4.72 Å². The van der Waals surface area contributed by atoms with Crippen LogP contribution < -0.4 is 15.2 Å². The van der Waals surface area contributed by atoms with Crippen LogP contribution in [0.5, 0.6) is 5.75 Å². The summed E-state index contributed by atoms with van der Waals surface area (Å²) in [4.78, 5) is 0.0300. The zero-order valence-electron chi connectivity index (χ0n) is 12.1. The summed E-state index contributed by atoms with van der Waals surface area (Å²) in [6, 6.07) is 4.19. The molecule has 0 aliphatic carbocycles. The van der Waals surface area contributed by atoms with E-state index in [0.29, 0.717) is 11.4 Å². The predicted molar refractivity (Wildman–Crippen MR) is 87.9 cm³/mol. The highest BCUT2D eigenvalue weighted by molar-refractivity contribution is 7.89.